The maximum absolute atomic E-state index is 10.9. The van der Waals surface area contributed by atoms with Gasteiger partial charge >= 0.3 is 0 Å². The van der Waals surface area contributed by atoms with E-state index in [4.69, 9.17) is 0 Å². The molecule has 0 amide bonds. The van der Waals surface area contributed by atoms with Crippen LogP contribution in [0.4, 0.5) is 0 Å². The Labute approximate surface area is 180 Å². The number of aromatic hydroxyl groups is 1. The molecule has 4 aromatic rings. The fourth-order valence-corrected chi connectivity index (χ4v) is 5.60. The van der Waals surface area contributed by atoms with Crippen LogP contribution in [-0.2, 0) is 6.42 Å². The predicted octanol–water partition coefficient (Wildman–Crippen LogP) is 4.85. The molecule has 0 saturated carbocycles. The molecule has 0 aliphatic carbocycles. The molecular formula is C24H26N4OS. The number of hydrogen-bond acceptors (Lipinski definition) is 5. The van der Waals surface area contributed by atoms with E-state index in [1.165, 1.54) is 47.2 Å². The number of fused-ring (bicyclic) bond motifs is 1. The zero-order valence-corrected chi connectivity index (χ0v) is 17.9. The third kappa shape index (κ3) is 3.73. The molecule has 0 spiro atoms. The van der Waals surface area contributed by atoms with Crippen molar-refractivity contribution in [1.82, 2.24) is 19.5 Å². The zero-order valence-electron chi connectivity index (χ0n) is 17.1. The summed E-state index contributed by atoms with van der Waals surface area (Å²) in [6.45, 7) is 4.14. The first-order valence-electron chi connectivity index (χ1n) is 10.5. The molecule has 3 heterocycles. The first kappa shape index (κ1) is 19.3. The summed E-state index contributed by atoms with van der Waals surface area (Å²) in [4.78, 5) is 8.46. The van der Waals surface area contributed by atoms with E-state index >= 15 is 0 Å². The van der Waals surface area contributed by atoms with Gasteiger partial charge in [-0.05, 0) is 56.3 Å². The first-order chi connectivity index (χ1) is 14.7. The number of thiazole rings is 1. The van der Waals surface area contributed by atoms with Crippen molar-refractivity contribution in [2.45, 2.75) is 32.2 Å². The quantitative estimate of drug-likeness (QED) is 0.503. The molecule has 154 valence electrons. The van der Waals surface area contributed by atoms with Gasteiger partial charge in [-0.25, -0.2) is 4.98 Å². The molecule has 0 unspecified atom stereocenters. The van der Waals surface area contributed by atoms with Crippen molar-refractivity contribution < 1.29 is 5.11 Å². The van der Waals surface area contributed by atoms with E-state index in [2.05, 4.69) is 76.5 Å². The van der Waals surface area contributed by atoms with Crippen molar-refractivity contribution in [2.24, 2.45) is 5.92 Å². The van der Waals surface area contributed by atoms with Gasteiger partial charge in [0.25, 0.3) is 0 Å². The number of aromatic nitrogens is 3. The molecule has 0 bridgehead atoms. The van der Waals surface area contributed by atoms with Gasteiger partial charge in [-0.15, -0.1) is 0 Å². The Balaban J connectivity index is 1.40. The minimum Gasteiger partial charge on any atom is -0.492 e. The largest absolute Gasteiger partial charge is 0.492 e. The summed E-state index contributed by atoms with van der Waals surface area (Å²) in [5, 5.41) is 15.1. The lowest BCUT2D eigenvalue weighted by Gasteiger charge is -2.37. The number of aryl methyl sites for hydroxylation is 1. The Morgan fingerprint density at radius 1 is 1.07 bits per heavy atom. The van der Waals surface area contributed by atoms with Crippen LogP contribution in [0, 0.1) is 12.8 Å². The molecule has 6 heteroatoms. The van der Waals surface area contributed by atoms with Crippen LogP contribution in [-0.4, -0.2) is 37.7 Å². The molecule has 0 radical (unpaired) electrons. The molecule has 1 aliphatic rings. The Hall–Kier alpha value is -2.70. The standard InChI is InChI=1S/C24H26N4OS/c1-17-7-9-20(10-8-17)21(22-23(29)28-24(30-22)25-16-26-28)27-13-11-19(12-14-27)15-18-5-3-2-4-6-18/h2-10,16,19,21,29H,11-15H2,1H3/t21-/m1/s1. The lowest BCUT2D eigenvalue weighted by molar-refractivity contribution is 0.150. The summed E-state index contributed by atoms with van der Waals surface area (Å²) in [6.07, 6.45) is 4.97. The first-order valence-corrected chi connectivity index (χ1v) is 11.4. The topological polar surface area (TPSA) is 53.7 Å². The fraction of sp³-hybridized carbons (Fsp3) is 0.333. The van der Waals surface area contributed by atoms with Crippen molar-refractivity contribution in [3.05, 3.63) is 82.5 Å². The summed E-state index contributed by atoms with van der Waals surface area (Å²) in [5.41, 5.74) is 3.88. The van der Waals surface area contributed by atoms with Crippen LogP contribution >= 0.6 is 11.3 Å². The summed E-state index contributed by atoms with van der Waals surface area (Å²) in [5.74, 6) is 0.919. The maximum atomic E-state index is 10.9. The number of rotatable bonds is 5. The number of likely N-dealkylation sites (tertiary alicyclic amines) is 1. The van der Waals surface area contributed by atoms with E-state index in [1.807, 2.05) is 0 Å². The number of hydrogen-bond donors (Lipinski definition) is 1. The van der Waals surface area contributed by atoms with E-state index in [9.17, 15) is 5.11 Å². The van der Waals surface area contributed by atoms with E-state index in [-0.39, 0.29) is 11.9 Å². The highest BCUT2D eigenvalue weighted by molar-refractivity contribution is 7.17. The van der Waals surface area contributed by atoms with Crippen molar-refractivity contribution in [2.75, 3.05) is 13.1 Å². The van der Waals surface area contributed by atoms with Crippen molar-refractivity contribution in [3.8, 4) is 5.88 Å². The smallest absolute Gasteiger partial charge is 0.230 e. The van der Waals surface area contributed by atoms with Crippen LogP contribution in [0.1, 0.15) is 40.5 Å². The van der Waals surface area contributed by atoms with Gasteiger partial charge in [0.05, 0.1) is 10.9 Å². The molecule has 2 aromatic heterocycles. The van der Waals surface area contributed by atoms with E-state index in [0.29, 0.717) is 5.92 Å². The average Bonchev–Trinajstić information content (AvgIpc) is 3.35. The number of benzene rings is 2. The third-order valence-electron chi connectivity index (χ3n) is 6.16. The second kappa shape index (κ2) is 8.20. The summed E-state index contributed by atoms with van der Waals surface area (Å²) in [6, 6.07) is 19.5. The van der Waals surface area contributed by atoms with E-state index in [1.54, 1.807) is 4.52 Å². The Morgan fingerprint density at radius 2 is 1.80 bits per heavy atom. The highest BCUT2D eigenvalue weighted by Gasteiger charge is 2.31. The monoisotopic (exact) mass is 418 g/mol. The predicted molar refractivity (Wildman–Crippen MR) is 120 cm³/mol. The molecule has 30 heavy (non-hydrogen) atoms. The normalized spacial score (nSPS) is 16.8. The maximum Gasteiger partial charge on any atom is 0.230 e. The molecule has 1 aliphatic heterocycles. The lowest BCUT2D eigenvalue weighted by Crippen LogP contribution is -2.37. The minimum atomic E-state index is 0.0248. The van der Waals surface area contributed by atoms with Crippen LogP contribution in [0.3, 0.4) is 0 Å². The van der Waals surface area contributed by atoms with E-state index in [0.717, 1.165) is 29.3 Å². The molecule has 1 fully saturated rings. The molecule has 1 saturated heterocycles. The van der Waals surface area contributed by atoms with Crippen molar-refractivity contribution >= 4 is 16.3 Å². The van der Waals surface area contributed by atoms with Gasteiger partial charge in [-0.1, -0.05) is 71.5 Å². The van der Waals surface area contributed by atoms with Crippen molar-refractivity contribution in [1.29, 1.82) is 0 Å². The summed E-state index contributed by atoms with van der Waals surface area (Å²) in [7, 11) is 0. The van der Waals surface area contributed by atoms with Gasteiger partial charge in [-0.2, -0.15) is 9.61 Å². The average molecular weight is 419 g/mol. The molecular weight excluding hydrogens is 392 g/mol. The zero-order chi connectivity index (χ0) is 20.5. The van der Waals surface area contributed by atoms with Gasteiger partial charge in [0.15, 0.2) is 0 Å². The van der Waals surface area contributed by atoms with Crippen LogP contribution < -0.4 is 0 Å². The third-order valence-corrected chi connectivity index (χ3v) is 7.25. The highest BCUT2D eigenvalue weighted by Crippen LogP contribution is 2.41. The number of piperidine rings is 1. The van der Waals surface area contributed by atoms with Crippen LogP contribution in [0.25, 0.3) is 4.96 Å². The van der Waals surface area contributed by atoms with Gasteiger partial charge in [0.2, 0.25) is 10.8 Å². The van der Waals surface area contributed by atoms with Gasteiger partial charge in [0.1, 0.15) is 6.33 Å². The molecule has 2 aromatic carbocycles. The second-order valence-corrected chi connectivity index (χ2v) is 9.24. The van der Waals surface area contributed by atoms with Crippen LogP contribution in [0.15, 0.2) is 60.9 Å². The molecule has 5 rings (SSSR count). The second-order valence-electron chi connectivity index (χ2n) is 8.23. The van der Waals surface area contributed by atoms with Crippen LogP contribution in [0.5, 0.6) is 5.88 Å². The van der Waals surface area contributed by atoms with Crippen LogP contribution in [0.2, 0.25) is 0 Å². The molecule has 1 atom stereocenters. The van der Waals surface area contributed by atoms with Crippen molar-refractivity contribution in [3.63, 3.8) is 0 Å². The van der Waals surface area contributed by atoms with E-state index < -0.39 is 0 Å². The number of nitrogens with zero attached hydrogens (tertiary/aromatic N) is 4. The Bertz CT molecular complexity index is 1110. The van der Waals surface area contributed by atoms with Gasteiger partial charge in [-0.3, -0.25) is 4.90 Å². The van der Waals surface area contributed by atoms with Gasteiger partial charge in [0, 0.05) is 0 Å². The SMILES string of the molecule is Cc1ccc([C@H](c2sc3ncnn3c2O)N2CCC(Cc3ccccc3)CC2)cc1. The highest BCUT2D eigenvalue weighted by atomic mass is 32.1. The Kier molecular flexibility index (Phi) is 5.27. The molecule has 5 nitrogen and oxygen atoms in total. The summed E-state index contributed by atoms with van der Waals surface area (Å²) < 4.78 is 1.54. The Morgan fingerprint density at radius 3 is 2.50 bits per heavy atom. The van der Waals surface area contributed by atoms with Gasteiger partial charge < -0.3 is 5.11 Å². The summed E-state index contributed by atoms with van der Waals surface area (Å²) >= 11 is 1.53. The minimum absolute atomic E-state index is 0.0248. The molecule has 1 N–H and O–H groups in total. The fourth-order valence-electron chi connectivity index (χ4n) is 4.51. The lowest BCUT2D eigenvalue weighted by atomic mass is 9.88.